The Balaban J connectivity index is 0. The van der Waals surface area contributed by atoms with Gasteiger partial charge in [-0.3, -0.25) is 4.55 Å². The van der Waals surface area contributed by atoms with Gasteiger partial charge < -0.3 is 9.04 Å². The quantitative estimate of drug-likeness (QED) is 0.533. The number of nitrogens with zero attached hydrogens (tertiary/aromatic N) is 1. The fourth-order valence-electron chi connectivity index (χ4n) is 1.73. The number of quaternary nitrogens is 1. The summed E-state index contributed by atoms with van der Waals surface area (Å²) >= 11 is 0. The average Bonchev–Trinajstić information content (AvgIpc) is 2.21. The van der Waals surface area contributed by atoms with Crippen molar-refractivity contribution in [1.29, 1.82) is 0 Å². The highest BCUT2D eigenvalue weighted by Gasteiger charge is 2.20. The van der Waals surface area contributed by atoms with Gasteiger partial charge >= 0.3 is 0 Å². The summed E-state index contributed by atoms with van der Waals surface area (Å²) in [5.41, 5.74) is 0. The molecule has 0 bridgehead atoms. The molecule has 0 saturated heterocycles. The normalized spacial score (nSPS) is 12.7. The zero-order chi connectivity index (χ0) is 15.7. The van der Waals surface area contributed by atoms with Gasteiger partial charge in [0.15, 0.2) is 0 Å². The second-order valence-corrected chi connectivity index (χ2v) is 7.34. The Morgan fingerprint density at radius 1 is 1.00 bits per heavy atom. The van der Waals surface area contributed by atoms with E-state index in [-0.39, 0.29) is 5.75 Å². The van der Waals surface area contributed by atoms with Crippen LogP contribution in [0, 0.1) is 0 Å². The summed E-state index contributed by atoms with van der Waals surface area (Å²) < 4.78 is 57.8. The van der Waals surface area contributed by atoms with Crippen molar-refractivity contribution in [3.8, 4) is 0 Å². The van der Waals surface area contributed by atoms with Crippen LogP contribution in [0.4, 0.5) is 0 Å². The van der Waals surface area contributed by atoms with E-state index in [4.69, 9.17) is 17.5 Å². The van der Waals surface area contributed by atoms with Crippen LogP contribution in [0.1, 0.15) is 27.2 Å². The van der Waals surface area contributed by atoms with Gasteiger partial charge in [0.2, 0.25) is 0 Å². The van der Waals surface area contributed by atoms with Crippen LogP contribution in [0.3, 0.4) is 0 Å². The van der Waals surface area contributed by atoms with E-state index in [1.54, 1.807) is 0 Å². The largest absolute Gasteiger partial charge is 0.748 e. The first-order chi connectivity index (χ1) is 8.39. The summed E-state index contributed by atoms with van der Waals surface area (Å²) in [6, 6.07) is 0. The zero-order valence-electron chi connectivity index (χ0n) is 12.0. The van der Waals surface area contributed by atoms with Gasteiger partial charge in [0, 0.05) is 12.7 Å². The van der Waals surface area contributed by atoms with Crippen molar-refractivity contribution in [2.24, 2.45) is 0 Å². The van der Waals surface area contributed by atoms with Gasteiger partial charge in [-0.25, -0.2) is 8.42 Å². The van der Waals surface area contributed by atoms with E-state index in [1.807, 2.05) is 0 Å². The highest BCUT2D eigenvalue weighted by atomic mass is 32.2. The van der Waals surface area contributed by atoms with Crippen LogP contribution in [0.15, 0.2) is 0 Å². The lowest BCUT2D eigenvalue weighted by molar-refractivity contribution is -0.923. The van der Waals surface area contributed by atoms with Crippen LogP contribution < -0.4 is 0 Å². The third-order valence-corrected chi connectivity index (χ3v) is 3.85. The van der Waals surface area contributed by atoms with Crippen LogP contribution in [0.5, 0.6) is 0 Å². The molecule has 19 heavy (non-hydrogen) atoms. The van der Waals surface area contributed by atoms with Crippen molar-refractivity contribution >= 4 is 20.2 Å². The maximum absolute atomic E-state index is 10.5. The number of rotatable bonds is 7. The second-order valence-electron chi connectivity index (χ2n) is 4.36. The molecule has 0 radical (unpaired) electrons. The lowest BCUT2D eigenvalue weighted by Crippen LogP contribution is -2.48. The molecule has 9 heteroatoms. The summed E-state index contributed by atoms with van der Waals surface area (Å²) in [6.07, 6.45) is 1.14. The molecule has 0 spiro atoms. The Bertz CT molecular complexity index is 409. The topological polar surface area (TPSA) is 112 Å². The number of hydrogen-bond acceptors (Lipinski definition) is 5. The lowest BCUT2D eigenvalue weighted by atomic mass is 10.3. The molecule has 1 N–H and O–H groups in total. The van der Waals surface area contributed by atoms with Gasteiger partial charge in [-0.2, -0.15) is 8.42 Å². The van der Waals surface area contributed by atoms with Gasteiger partial charge in [0.25, 0.3) is 10.1 Å². The van der Waals surface area contributed by atoms with E-state index >= 15 is 0 Å². The Kier molecular flexibility index (Phi) is 9.82. The molecule has 118 valence electrons. The molecule has 0 aliphatic rings. The Morgan fingerprint density at radius 3 is 1.53 bits per heavy atom. The maximum Gasteiger partial charge on any atom is 0.265 e. The minimum atomic E-state index is -3.92. The van der Waals surface area contributed by atoms with E-state index in [0.717, 1.165) is 30.7 Å². The molecule has 0 unspecified atom stereocenters. The summed E-state index contributed by atoms with van der Waals surface area (Å²) in [5.74, 6) is -0.118. The van der Waals surface area contributed by atoms with Gasteiger partial charge in [0.05, 0.1) is 42.1 Å². The predicted octanol–water partition coefficient (Wildman–Crippen LogP) is 0.302. The van der Waals surface area contributed by atoms with Crippen molar-refractivity contribution in [2.75, 3.05) is 38.2 Å². The van der Waals surface area contributed by atoms with E-state index < -0.39 is 20.2 Å². The Hall–Kier alpha value is -0.220. The Morgan fingerprint density at radius 2 is 1.32 bits per heavy atom. The first-order valence-corrected chi connectivity index (χ1v) is 9.52. The molecular formula is C10H25NO6S2. The molecule has 0 amide bonds. The summed E-state index contributed by atoms with van der Waals surface area (Å²) in [4.78, 5) is 0. The molecule has 0 aliphatic carbocycles. The standard InChI is InChI=1S/C9H21NO3S.CH4O3S/c1-4-10(5-2,6-3)8-7-9-14(11,12)13;1-5(2,3)4/h4-9H2,1-3H3;1H3,(H,2,3,4). The third-order valence-electron chi connectivity index (χ3n) is 3.05. The highest BCUT2D eigenvalue weighted by Crippen LogP contribution is 2.07. The van der Waals surface area contributed by atoms with Crippen molar-refractivity contribution in [2.45, 2.75) is 27.2 Å². The maximum atomic E-state index is 10.5. The highest BCUT2D eigenvalue weighted by molar-refractivity contribution is 7.85. The molecule has 0 saturated carbocycles. The molecule has 0 fully saturated rings. The molecule has 0 aliphatic heterocycles. The lowest BCUT2D eigenvalue weighted by Gasteiger charge is -2.35. The van der Waals surface area contributed by atoms with E-state index in [1.165, 1.54) is 0 Å². The van der Waals surface area contributed by atoms with Crippen LogP contribution in [0.2, 0.25) is 0 Å². The molecule has 0 atom stereocenters. The van der Waals surface area contributed by atoms with Crippen LogP contribution in [-0.4, -0.2) is 68.6 Å². The zero-order valence-corrected chi connectivity index (χ0v) is 13.6. The van der Waals surface area contributed by atoms with Crippen LogP contribution in [0.25, 0.3) is 0 Å². The second kappa shape index (κ2) is 8.85. The van der Waals surface area contributed by atoms with E-state index in [0.29, 0.717) is 12.7 Å². The van der Waals surface area contributed by atoms with Gasteiger partial charge in [-0.15, -0.1) is 0 Å². The molecule has 0 aromatic carbocycles. The van der Waals surface area contributed by atoms with Gasteiger partial charge in [-0.05, 0) is 20.8 Å². The first-order valence-electron chi connectivity index (χ1n) is 6.10. The Labute approximate surface area is 116 Å². The predicted molar refractivity (Wildman–Crippen MR) is 73.4 cm³/mol. The first kappa shape index (κ1) is 21.1. The van der Waals surface area contributed by atoms with E-state index in [9.17, 15) is 8.42 Å². The third kappa shape index (κ3) is 15.7. The van der Waals surface area contributed by atoms with Crippen molar-refractivity contribution in [3.05, 3.63) is 0 Å². The van der Waals surface area contributed by atoms with E-state index in [2.05, 4.69) is 20.8 Å². The molecule has 7 nitrogen and oxygen atoms in total. The molecule has 0 rings (SSSR count). The summed E-state index contributed by atoms with van der Waals surface area (Å²) in [5, 5.41) is 0. The SMILES string of the molecule is CC[N+](CC)(CC)CCCS(=O)(=O)O.CS(=O)(=O)[O-]. The average molecular weight is 319 g/mol. The fourth-order valence-corrected chi connectivity index (χ4v) is 2.22. The molecular weight excluding hydrogens is 294 g/mol. The van der Waals surface area contributed by atoms with Crippen molar-refractivity contribution < 1.29 is 30.4 Å². The summed E-state index contributed by atoms with van der Waals surface area (Å²) in [6.45, 7) is 10.2. The van der Waals surface area contributed by atoms with Gasteiger partial charge in [0.1, 0.15) is 0 Å². The molecule has 0 heterocycles. The van der Waals surface area contributed by atoms with Crippen LogP contribution in [-0.2, 0) is 20.2 Å². The monoisotopic (exact) mass is 319 g/mol. The van der Waals surface area contributed by atoms with Crippen molar-refractivity contribution in [3.63, 3.8) is 0 Å². The molecule has 0 aromatic rings. The van der Waals surface area contributed by atoms with Gasteiger partial charge in [-0.1, -0.05) is 0 Å². The summed E-state index contributed by atoms with van der Waals surface area (Å²) in [7, 11) is -7.70. The van der Waals surface area contributed by atoms with Crippen LogP contribution >= 0.6 is 0 Å². The van der Waals surface area contributed by atoms with Crippen molar-refractivity contribution in [1.82, 2.24) is 0 Å². The number of hydrogen-bond donors (Lipinski definition) is 1. The minimum Gasteiger partial charge on any atom is -0.748 e. The fraction of sp³-hybridized carbons (Fsp3) is 1.00. The smallest absolute Gasteiger partial charge is 0.265 e. The molecule has 0 aromatic heterocycles. The minimum absolute atomic E-state index is 0.118.